The summed E-state index contributed by atoms with van der Waals surface area (Å²) in [5.41, 5.74) is 1.85. The van der Waals surface area contributed by atoms with Gasteiger partial charge < -0.3 is 8.94 Å². The molecule has 0 aliphatic rings. The first-order valence-corrected chi connectivity index (χ1v) is 8.64. The number of hydrogen-bond donors (Lipinski definition) is 1. The molecular weight excluding hydrogens is 422 g/mol. The van der Waals surface area contributed by atoms with E-state index < -0.39 is 17.5 Å². The highest BCUT2D eigenvalue weighted by Crippen LogP contribution is 2.29. The highest BCUT2D eigenvalue weighted by Gasteiger charge is 2.20. The van der Waals surface area contributed by atoms with Crippen LogP contribution in [-0.2, 0) is 0 Å². The van der Waals surface area contributed by atoms with Crippen molar-refractivity contribution in [3.8, 4) is 11.3 Å². The minimum atomic E-state index is -0.995. The minimum absolute atomic E-state index is 0.0563. The van der Waals surface area contributed by atoms with Crippen LogP contribution in [0.5, 0.6) is 0 Å². The molecule has 2 aromatic heterocycles. The van der Waals surface area contributed by atoms with E-state index in [9.17, 15) is 13.6 Å². The van der Waals surface area contributed by atoms with Gasteiger partial charge in [0, 0.05) is 27.1 Å². The van der Waals surface area contributed by atoms with Gasteiger partial charge in [-0.05, 0) is 43.3 Å². The summed E-state index contributed by atoms with van der Waals surface area (Å²) in [6, 6.07) is 10.2. The Bertz CT molecular complexity index is 1180. The smallest absolute Gasteiger partial charge is 0.294 e. The van der Waals surface area contributed by atoms with E-state index in [2.05, 4.69) is 26.4 Å². The number of nitrogens with one attached hydrogen (secondary N) is 1. The molecule has 0 unspecified atom stereocenters. The predicted octanol–water partition coefficient (Wildman–Crippen LogP) is 5.69. The molecule has 4 aromatic rings. The Morgan fingerprint density at radius 3 is 2.70 bits per heavy atom. The molecule has 0 fully saturated rings. The lowest BCUT2D eigenvalue weighted by atomic mass is 10.1. The van der Waals surface area contributed by atoms with Gasteiger partial charge in [0.25, 0.3) is 5.91 Å². The summed E-state index contributed by atoms with van der Waals surface area (Å²) in [6.07, 6.45) is 0. The minimum Gasteiger partial charge on any atom is -0.451 e. The molecule has 1 amide bonds. The van der Waals surface area contributed by atoms with E-state index in [1.807, 2.05) is 12.1 Å². The Balaban J connectivity index is 1.59. The molecule has 2 aromatic carbocycles. The summed E-state index contributed by atoms with van der Waals surface area (Å²) >= 11 is 3.39. The highest BCUT2D eigenvalue weighted by molar-refractivity contribution is 9.10. The fourth-order valence-corrected chi connectivity index (χ4v) is 3.07. The standard InChI is InChI=1S/C19H11BrF2N2O3/c1-9-12-7-11(20)3-5-16(12)26-18(9)19(25)23-17-8-15(24-27-17)10-2-4-13(21)14(22)6-10/h2-8H,1H3,(H,23,25). The Hall–Kier alpha value is -3.00. The van der Waals surface area contributed by atoms with E-state index >= 15 is 0 Å². The van der Waals surface area contributed by atoms with Gasteiger partial charge in [-0.2, -0.15) is 0 Å². The third-order valence-corrected chi connectivity index (χ3v) is 4.56. The molecule has 5 nitrogen and oxygen atoms in total. The number of carbonyl (C=O) groups is 1. The van der Waals surface area contributed by atoms with Crippen LogP contribution in [-0.4, -0.2) is 11.1 Å². The van der Waals surface area contributed by atoms with Crippen molar-refractivity contribution in [1.82, 2.24) is 5.16 Å². The number of aryl methyl sites for hydroxylation is 1. The quantitative estimate of drug-likeness (QED) is 0.451. The Morgan fingerprint density at radius 2 is 1.93 bits per heavy atom. The molecule has 8 heteroatoms. The van der Waals surface area contributed by atoms with Gasteiger partial charge in [-0.3, -0.25) is 10.1 Å². The number of carbonyl (C=O) groups excluding carboxylic acids is 1. The van der Waals surface area contributed by atoms with Crippen molar-refractivity contribution in [1.29, 1.82) is 0 Å². The van der Waals surface area contributed by atoms with E-state index in [0.29, 0.717) is 16.7 Å². The third-order valence-electron chi connectivity index (χ3n) is 4.07. The second-order valence-electron chi connectivity index (χ2n) is 5.86. The number of benzene rings is 2. The lowest BCUT2D eigenvalue weighted by Crippen LogP contribution is -2.11. The van der Waals surface area contributed by atoms with Crippen LogP contribution in [0.4, 0.5) is 14.7 Å². The van der Waals surface area contributed by atoms with Gasteiger partial charge in [0.2, 0.25) is 5.88 Å². The lowest BCUT2D eigenvalue weighted by Gasteiger charge is -1.98. The van der Waals surface area contributed by atoms with Crippen LogP contribution in [0.25, 0.3) is 22.2 Å². The monoisotopic (exact) mass is 432 g/mol. The largest absolute Gasteiger partial charge is 0.451 e. The van der Waals surface area contributed by atoms with Crippen molar-refractivity contribution >= 4 is 38.7 Å². The van der Waals surface area contributed by atoms with Crippen LogP contribution < -0.4 is 5.32 Å². The summed E-state index contributed by atoms with van der Waals surface area (Å²) in [4.78, 5) is 12.5. The molecule has 0 saturated heterocycles. The second kappa shape index (κ2) is 6.62. The van der Waals surface area contributed by atoms with E-state index in [1.165, 1.54) is 12.1 Å². The van der Waals surface area contributed by atoms with Crippen molar-refractivity contribution in [2.45, 2.75) is 6.92 Å². The molecule has 136 valence electrons. The van der Waals surface area contributed by atoms with E-state index in [-0.39, 0.29) is 17.3 Å². The lowest BCUT2D eigenvalue weighted by molar-refractivity contribution is 0.0994. The van der Waals surface area contributed by atoms with Crippen molar-refractivity contribution in [3.63, 3.8) is 0 Å². The zero-order chi connectivity index (χ0) is 19.1. The molecule has 0 saturated carbocycles. The van der Waals surface area contributed by atoms with Gasteiger partial charge in [0.05, 0.1) is 0 Å². The molecule has 0 bridgehead atoms. The third kappa shape index (κ3) is 3.23. The number of anilines is 1. The summed E-state index contributed by atoms with van der Waals surface area (Å²) in [5.74, 6) is -2.25. The van der Waals surface area contributed by atoms with Crippen LogP contribution in [0.1, 0.15) is 16.1 Å². The van der Waals surface area contributed by atoms with Gasteiger partial charge in [-0.1, -0.05) is 21.1 Å². The van der Waals surface area contributed by atoms with Crippen molar-refractivity contribution in [2.75, 3.05) is 5.32 Å². The number of rotatable bonds is 3. The average Bonchev–Trinajstić information content (AvgIpc) is 3.22. The summed E-state index contributed by atoms with van der Waals surface area (Å²) < 4.78 is 38.0. The van der Waals surface area contributed by atoms with Crippen LogP contribution in [0, 0.1) is 18.6 Å². The van der Waals surface area contributed by atoms with Gasteiger partial charge in [-0.15, -0.1) is 0 Å². The fourth-order valence-electron chi connectivity index (χ4n) is 2.70. The van der Waals surface area contributed by atoms with Crippen LogP contribution in [0.15, 0.2) is 55.9 Å². The van der Waals surface area contributed by atoms with Gasteiger partial charge >= 0.3 is 0 Å². The SMILES string of the molecule is Cc1c(C(=O)Nc2cc(-c3ccc(F)c(F)c3)no2)oc2ccc(Br)cc12. The van der Waals surface area contributed by atoms with E-state index in [1.54, 1.807) is 13.0 Å². The van der Waals surface area contributed by atoms with E-state index in [4.69, 9.17) is 8.94 Å². The first-order chi connectivity index (χ1) is 12.9. The number of halogens is 3. The molecule has 2 heterocycles. The summed E-state index contributed by atoms with van der Waals surface area (Å²) in [6.45, 7) is 1.78. The number of fused-ring (bicyclic) bond motifs is 1. The predicted molar refractivity (Wildman–Crippen MR) is 98.5 cm³/mol. The first-order valence-electron chi connectivity index (χ1n) is 7.84. The van der Waals surface area contributed by atoms with Gasteiger partial charge in [0.15, 0.2) is 17.4 Å². The van der Waals surface area contributed by atoms with Crippen molar-refractivity contribution in [3.05, 3.63) is 69.9 Å². The maximum Gasteiger partial charge on any atom is 0.294 e. The normalized spacial score (nSPS) is 11.1. The average molecular weight is 433 g/mol. The van der Waals surface area contributed by atoms with Gasteiger partial charge in [0.1, 0.15) is 11.3 Å². The summed E-state index contributed by atoms with van der Waals surface area (Å²) in [5, 5.41) is 7.13. The summed E-state index contributed by atoms with van der Waals surface area (Å²) in [7, 11) is 0. The number of hydrogen-bond acceptors (Lipinski definition) is 4. The maximum atomic E-state index is 13.4. The first kappa shape index (κ1) is 17.4. The van der Waals surface area contributed by atoms with E-state index in [0.717, 1.165) is 22.0 Å². The number of aromatic nitrogens is 1. The molecule has 0 atom stereocenters. The molecular formula is C19H11BrF2N2O3. The molecule has 0 radical (unpaired) electrons. The fraction of sp³-hybridized carbons (Fsp3) is 0.0526. The van der Waals surface area contributed by atoms with Crippen molar-refractivity contribution in [2.24, 2.45) is 0 Å². The van der Waals surface area contributed by atoms with Crippen LogP contribution in [0.3, 0.4) is 0 Å². The maximum absolute atomic E-state index is 13.4. The number of furan rings is 1. The molecule has 27 heavy (non-hydrogen) atoms. The molecule has 4 rings (SSSR count). The van der Waals surface area contributed by atoms with Gasteiger partial charge in [-0.25, -0.2) is 8.78 Å². The number of nitrogens with zero attached hydrogens (tertiary/aromatic N) is 1. The zero-order valence-electron chi connectivity index (χ0n) is 13.8. The molecule has 0 aliphatic heterocycles. The molecule has 0 aliphatic carbocycles. The second-order valence-corrected chi connectivity index (χ2v) is 6.77. The molecule has 0 spiro atoms. The zero-order valence-corrected chi connectivity index (χ0v) is 15.4. The Morgan fingerprint density at radius 1 is 1.11 bits per heavy atom. The topological polar surface area (TPSA) is 68.3 Å². The van der Waals surface area contributed by atoms with Crippen molar-refractivity contribution < 1.29 is 22.5 Å². The number of amides is 1. The van der Waals surface area contributed by atoms with Crippen LogP contribution in [0.2, 0.25) is 0 Å². The Kier molecular flexibility index (Phi) is 4.27. The van der Waals surface area contributed by atoms with Crippen LogP contribution >= 0.6 is 15.9 Å². The Labute approximate surface area is 160 Å². The highest BCUT2D eigenvalue weighted by atomic mass is 79.9. The molecule has 1 N–H and O–H groups in total.